The summed E-state index contributed by atoms with van der Waals surface area (Å²) in [5.41, 5.74) is 3.25. The molecule has 0 bridgehead atoms. The van der Waals surface area contributed by atoms with Crippen LogP contribution in [0.15, 0.2) is 40.9 Å². The second-order valence-corrected chi connectivity index (χ2v) is 6.20. The number of nitrogens with zero attached hydrogens (tertiary/aromatic N) is 2. The molecule has 0 fully saturated rings. The second kappa shape index (κ2) is 7.53. The summed E-state index contributed by atoms with van der Waals surface area (Å²) in [7, 11) is 1.67. The van der Waals surface area contributed by atoms with E-state index in [0.717, 1.165) is 31.0 Å². The van der Waals surface area contributed by atoms with Gasteiger partial charge < -0.3 is 9.26 Å². The van der Waals surface area contributed by atoms with Crippen molar-refractivity contribution in [2.24, 2.45) is 0 Å². The Labute approximate surface area is 147 Å². The molecule has 0 radical (unpaired) electrons. The second-order valence-electron chi connectivity index (χ2n) is 6.20. The summed E-state index contributed by atoms with van der Waals surface area (Å²) in [5, 5.41) is 6.55. The van der Waals surface area contributed by atoms with Gasteiger partial charge in [0.1, 0.15) is 5.75 Å². The number of carbonyl (C=O) groups excluding carboxylic acids is 1. The summed E-state index contributed by atoms with van der Waals surface area (Å²) in [6.07, 6.45) is 3.10. The highest BCUT2D eigenvalue weighted by Crippen LogP contribution is 2.25. The smallest absolute Gasteiger partial charge is 0.243 e. The molecule has 1 N–H and O–H groups in total. The highest BCUT2D eigenvalue weighted by atomic mass is 16.5. The molecule has 0 saturated heterocycles. The van der Waals surface area contributed by atoms with Gasteiger partial charge in [0.25, 0.3) is 0 Å². The van der Waals surface area contributed by atoms with Crippen LogP contribution in [-0.4, -0.2) is 42.2 Å². The average molecular weight is 341 g/mol. The summed E-state index contributed by atoms with van der Waals surface area (Å²) in [6.45, 7) is 5.30. The highest BCUT2D eigenvalue weighted by molar-refractivity contribution is 5.93. The standard InChI is InChI=1S/C19H23N3O3/c1-13-12-18(25-21-13)20-19(23)14(2)22-10-8-16(9-11-22)15-4-6-17(24-3)7-5-15/h4-8,12,14H,9-11H2,1-3H3,(H,20,23)/t14-/m1/s1. The number of nitrogens with one attached hydrogen (secondary N) is 1. The van der Waals surface area contributed by atoms with Gasteiger partial charge in [0.2, 0.25) is 11.8 Å². The van der Waals surface area contributed by atoms with Gasteiger partial charge in [0.15, 0.2) is 0 Å². The van der Waals surface area contributed by atoms with E-state index < -0.39 is 0 Å². The number of anilines is 1. The average Bonchev–Trinajstić information content (AvgIpc) is 3.06. The molecule has 1 amide bonds. The first-order chi connectivity index (χ1) is 12.1. The van der Waals surface area contributed by atoms with Crippen molar-refractivity contribution in [3.63, 3.8) is 0 Å². The Balaban J connectivity index is 1.59. The number of hydrogen-bond acceptors (Lipinski definition) is 5. The minimum atomic E-state index is -0.237. The van der Waals surface area contributed by atoms with Crippen LogP contribution in [0.25, 0.3) is 5.57 Å². The number of carbonyl (C=O) groups is 1. The molecule has 1 atom stereocenters. The maximum atomic E-state index is 12.4. The highest BCUT2D eigenvalue weighted by Gasteiger charge is 2.24. The van der Waals surface area contributed by atoms with Crippen LogP contribution >= 0.6 is 0 Å². The molecule has 6 heteroatoms. The van der Waals surface area contributed by atoms with Crippen LogP contribution < -0.4 is 10.1 Å². The van der Waals surface area contributed by atoms with Crippen LogP contribution in [0.5, 0.6) is 5.75 Å². The van der Waals surface area contributed by atoms with Crippen LogP contribution in [0.1, 0.15) is 24.6 Å². The lowest BCUT2D eigenvalue weighted by Crippen LogP contribution is -2.43. The van der Waals surface area contributed by atoms with Crippen LogP contribution in [0.3, 0.4) is 0 Å². The molecule has 1 aliphatic heterocycles. The summed E-state index contributed by atoms with van der Waals surface area (Å²) in [4.78, 5) is 14.5. The van der Waals surface area contributed by atoms with E-state index in [1.807, 2.05) is 26.0 Å². The maximum absolute atomic E-state index is 12.4. The summed E-state index contributed by atoms with van der Waals surface area (Å²) >= 11 is 0. The number of methoxy groups -OCH3 is 1. The molecule has 6 nitrogen and oxygen atoms in total. The molecule has 0 unspecified atom stereocenters. The third kappa shape index (κ3) is 4.09. The molecule has 1 aromatic carbocycles. The minimum Gasteiger partial charge on any atom is -0.497 e. The molecule has 3 rings (SSSR count). The van der Waals surface area contributed by atoms with Crippen molar-refractivity contribution in [2.45, 2.75) is 26.3 Å². The molecule has 2 aromatic rings. The van der Waals surface area contributed by atoms with Crippen molar-refractivity contribution in [3.8, 4) is 5.75 Å². The largest absolute Gasteiger partial charge is 0.497 e. The Hall–Kier alpha value is -2.60. The Kier molecular flexibility index (Phi) is 5.19. The van der Waals surface area contributed by atoms with Crippen molar-refractivity contribution < 1.29 is 14.1 Å². The Bertz CT molecular complexity index is 764. The van der Waals surface area contributed by atoms with E-state index in [1.165, 1.54) is 11.1 Å². The first kappa shape index (κ1) is 17.2. The fourth-order valence-electron chi connectivity index (χ4n) is 2.92. The predicted octanol–water partition coefficient (Wildman–Crippen LogP) is 3.11. The molecular formula is C19H23N3O3. The number of ether oxygens (including phenoxy) is 1. The quantitative estimate of drug-likeness (QED) is 0.905. The lowest BCUT2D eigenvalue weighted by Gasteiger charge is -2.30. The minimum absolute atomic E-state index is 0.0857. The van der Waals surface area contributed by atoms with Crippen molar-refractivity contribution in [1.82, 2.24) is 10.1 Å². The van der Waals surface area contributed by atoms with Gasteiger partial charge in [-0.2, -0.15) is 0 Å². The van der Waals surface area contributed by atoms with Crippen molar-refractivity contribution in [2.75, 3.05) is 25.5 Å². The third-order valence-corrected chi connectivity index (χ3v) is 4.50. The Morgan fingerprint density at radius 2 is 2.12 bits per heavy atom. The first-order valence-corrected chi connectivity index (χ1v) is 8.38. The topological polar surface area (TPSA) is 67.6 Å². The molecule has 0 aliphatic carbocycles. The van der Waals surface area contributed by atoms with Gasteiger partial charge in [-0.25, -0.2) is 0 Å². The van der Waals surface area contributed by atoms with Crippen molar-refractivity contribution in [1.29, 1.82) is 0 Å². The SMILES string of the molecule is COc1ccc(C2=CCN([C@H](C)C(=O)Nc3cc(C)no3)CC2)cc1. The number of benzene rings is 1. The monoisotopic (exact) mass is 341 g/mol. The molecule has 0 spiro atoms. The van der Waals surface area contributed by atoms with Crippen molar-refractivity contribution in [3.05, 3.63) is 47.7 Å². The van der Waals surface area contributed by atoms with Crippen LogP contribution in [0.4, 0.5) is 5.88 Å². The lowest BCUT2D eigenvalue weighted by molar-refractivity contribution is -0.120. The van der Waals surface area contributed by atoms with Gasteiger partial charge >= 0.3 is 0 Å². The van der Waals surface area contributed by atoms with E-state index in [9.17, 15) is 4.79 Å². The molecule has 132 valence electrons. The summed E-state index contributed by atoms with van der Waals surface area (Å²) in [6, 6.07) is 9.56. The zero-order valence-corrected chi connectivity index (χ0v) is 14.8. The Morgan fingerprint density at radius 1 is 1.36 bits per heavy atom. The van der Waals surface area contributed by atoms with E-state index in [2.05, 4.69) is 33.6 Å². The van der Waals surface area contributed by atoms with E-state index in [0.29, 0.717) is 5.88 Å². The predicted molar refractivity (Wildman–Crippen MR) is 96.5 cm³/mol. The molecule has 2 heterocycles. The van der Waals surface area contributed by atoms with E-state index in [-0.39, 0.29) is 11.9 Å². The van der Waals surface area contributed by atoms with Crippen LogP contribution in [0, 0.1) is 6.92 Å². The number of amides is 1. The third-order valence-electron chi connectivity index (χ3n) is 4.50. The summed E-state index contributed by atoms with van der Waals surface area (Å²) < 4.78 is 10.2. The zero-order chi connectivity index (χ0) is 17.8. The fourth-order valence-corrected chi connectivity index (χ4v) is 2.92. The molecule has 0 saturated carbocycles. The number of aromatic nitrogens is 1. The van der Waals surface area contributed by atoms with E-state index in [1.54, 1.807) is 13.2 Å². The summed E-state index contributed by atoms with van der Waals surface area (Å²) in [5.74, 6) is 1.16. The van der Waals surface area contributed by atoms with E-state index >= 15 is 0 Å². The number of rotatable bonds is 5. The molecule has 1 aliphatic rings. The van der Waals surface area contributed by atoms with Gasteiger partial charge in [0.05, 0.1) is 18.8 Å². The van der Waals surface area contributed by atoms with Gasteiger partial charge in [-0.1, -0.05) is 23.4 Å². The number of aryl methyl sites for hydroxylation is 1. The zero-order valence-electron chi connectivity index (χ0n) is 14.8. The Morgan fingerprint density at radius 3 is 2.68 bits per heavy atom. The first-order valence-electron chi connectivity index (χ1n) is 8.38. The van der Waals surface area contributed by atoms with Gasteiger partial charge in [-0.3, -0.25) is 15.0 Å². The maximum Gasteiger partial charge on any atom is 0.243 e. The fraction of sp³-hybridized carbons (Fsp3) is 0.368. The molecule has 25 heavy (non-hydrogen) atoms. The van der Waals surface area contributed by atoms with Crippen molar-refractivity contribution >= 4 is 17.4 Å². The van der Waals surface area contributed by atoms with E-state index in [4.69, 9.17) is 9.26 Å². The molecule has 1 aromatic heterocycles. The lowest BCUT2D eigenvalue weighted by atomic mass is 9.98. The normalized spacial score (nSPS) is 16.2. The molecular weight excluding hydrogens is 318 g/mol. The van der Waals surface area contributed by atoms with Gasteiger partial charge in [0, 0.05) is 19.2 Å². The van der Waals surface area contributed by atoms with Gasteiger partial charge in [-0.05, 0) is 43.5 Å². The van der Waals surface area contributed by atoms with Crippen LogP contribution in [0.2, 0.25) is 0 Å². The number of hydrogen-bond donors (Lipinski definition) is 1. The van der Waals surface area contributed by atoms with Gasteiger partial charge in [-0.15, -0.1) is 0 Å². The van der Waals surface area contributed by atoms with Crippen LogP contribution in [-0.2, 0) is 4.79 Å².